The standard InChI is InChI=1S/C15H27N5O/c1-8-16-14-11(4)15(18-13(17-14)10(2)3)20(7)9-12(21)19(5)6/h10H,8-9H2,1-7H3,(H,16,17,18). The summed E-state index contributed by atoms with van der Waals surface area (Å²) >= 11 is 0. The molecule has 21 heavy (non-hydrogen) atoms. The zero-order valence-corrected chi connectivity index (χ0v) is 14.2. The van der Waals surface area contributed by atoms with Crippen LogP contribution in [0.3, 0.4) is 0 Å². The predicted octanol–water partition coefficient (Wildman–Crippen LogP) is 1.86. The number of carbonyl (C=O) groups is 1. The fourth-order valence-electron chi connectivity index (χ4n) is 1.91. The van der Waals surface area contributed by atoms with Crippen molar-refractivity contribution in [3.63, 3.8) is 0 Å². The average Bonchev–Trinajstić information content (AvgIpc) is 2.40. The van der Waals surface area contributed by atoms with E-state index in [0.717, 1.165) is 29.6 Å². The van der Waals surface area contributed by atoms with E-state index in [2.05, 4.69) is 29.1 Å². The highest BCUT2D eigenvalue weighted by molar-refractivity contribution is 5.81. The van der Waals surface area contributed by atoms with Crippen LogP contribution in [-0.4, -0.2) is 55.0 Å². The molecule has 0 fully saturated rings. The molecular formula is C15H27N5O. The number of anilines is 2. The van der Waals surface area contributed by atoms with Crippen molar-refractivity contribution in [3.05, 3.63) is 11.4 Å². The largest absolute Gasteiger partial charge is 0.370 e. The van der Waals surface area contributed by atoms with Crippen LogP contribution in [0, 0.1) is 6.92 Å². The monoisotopic (exact) mass is 293 g/mol. The van der Waals surface area contributed by atoms with Crippen molar-refractivity contribution in [1.82, 2.24) is 14.9 Å². The Balaban J connectivity index is 3.17. The number of nitrogens with one attached hydrogen (secondary N) is 1. The summed E-state index contributed by atoms with van der Waals surface area (Å²) in [5, 5.41) is 3.27. The molecule has 1 heterocycles. The molecule has 0 aliphatic heterocycles. The summed E-state index contributed by atoms with van der Waals surface area (Å²) in [4.78, 5) is 24.6. The lowest BCUT2D eigenvalue weighted by Gasteiger charge is -2.24. The Morgan fingerprint density at radius 3 is 2.33 bits per heavy atom. The molecule has 0 spiro atoms. The fraction of sp³-hybridized carbons (Fsp3) is 0.667. The van der Waals surface area contributed by atoms with E-state index in [9.17, 15) is 4.79 Å². The van der Waals surface area contributed by atoms with Gasteiger partial charge in [-0.1, -0.05) is 13.8 Å². The van der Waals surface area contributed by atoms with Crippen LogP contribution in [0.5, 0.6) is 0 Å². The SMILES string of the molecule is CCNc1nc(C(C)C)nc(N(C)CC(=O)N(C)C)c1C. The summed E-state index contributed by atoms with van der Waals surface area (Å²) in [6, 6.07) is 0. The van der Waals surface area contributed by atoms with Crippen LogP contribution in [-0.2, 0) is 4.79 Å². The second-order valence-electron chi connectivity index (χ2n) is 5.71. The lowest BCUT2D eigenvalue weighted by Crippen LogP contribution is -2.35. The highest BCUT2D eigenvalue weighted by atomic mass is 16.2. The molecule has 0 radical (unpaired) electrons. The van der Waals surface area contributed by atoms with Crippen molar-refractivity contribution in [2.75, 3.05) is 44.4 Å². The molecule has 1 amide bonds. The van der Waals surface area contributed by atoms with Crippen LogP contribution >= 0.6 is 0 Å². The van der Waals surface area contributed by atoms with Gasteiger partial charge in [-0.05, 0) is 13.8 Å². The van der Waals surface area contributed by atoms with Gasteiger partial charge in [-0.15, -0.1) is 0 Å². The summed E-state index contributed by atoms with van der Waals surface area (Å²) in [7, 11) is 5.40. The van der Waals surface area contributed by atoms with Gasteiger partial charge < -0.3 is 15.1 Å². The Bertz CT molecular complexity index is 499. The smallest absolute Gasteiger partial charge is 0.241 e. The summed E-state index contributed by atoms with van der Waals surface area (Å²) in [6.07, 6.45) is 0. The maximum Gasteiger partial charge on any atom is 0.241 e. The molecule has 0 atom stereocenters. The average molecular weight is 293 g/mol. The molecule has 0 unspecified atom stereocenters. The van der Waals surface area contributed by atoms with Crippen molar-refractivity contribution in [3.8, 4) is 0 Å². The maximum atomic E-state index is 11.9. The second-order valence-corrected chi connectivity index (χ2v) is 5.71. The van der Waals surface area contributed by atoms with Gasteiger partial charge in [0, 0.05) is 39.2 Å². The van der Waals surface area contributed by atoms with Crippen LogP contribution in [0.2, 0.25) is 0 Å². The van der Waals surface area contributed by atoms with Gasteiger partial charge in [0.1, 0.15) is 17.5 Å². The third-order valence-electron chi connectivity index (χ3n) is 3.23. The minimum absolute atomic E-state index is 0.0478. The van der Waals surface area contributed by atoms with Crippen LogP contribution in [0.25, 0.3) is 0 Å². The Morgan fingerprint density at radius 2 is 1.86 bits per heavy atom. The van der Waals surface area contributed by atoms with Gasteiger partial charge in [-0.25, -0.2) is 9.97 Å². The predicted molar refractivity (Wildman–Crippen MR) is 87.0 cm³/mol. The van der Waals surface area contributed by atoms with Crippen LogP contribution < -0.4 is 10.2 Å². The summed E-state index contributed by atoms with van der Waals surface area (Å²) in [5.74, 6) is 2.72. The molecule has 1 rings (SSSR count). The molecule has 1 N–H and O–H groups in total. The molecule has 118 valence electrons. The Kier molecular flexibility index (Phi) is 5.93. The van der Waals surface area contributed by atoms with Crippen LogP contribution in [0.15, 0.2) is 0 Å². The molecule has 0 aromatic carbocycles. The van der Waals surface area contributed by atoms with Gasteiger partial charge in [-0.3, -0.25) is 4.79 Å². The van der Waals surface area contributed by atoms with Crippen LogP contribution in [0.4, 0.5) is 11.6 Å². The minimum atomic E-state index is 0.0478. The highest BCUT2D eigenvalue weighted by Crippen LogP contribution is 2.25. The van der Waals surface area contributed by atoms with Crippen LogP contribution in [0.1, 0.15) is 38.1 Å². The van der Waals surface area contributed by atoms with Crippen molar-refractivity contribution >= 4 is 17.5 Å². The zero-order chi connectivity index (χ0) is 16.2. The molecule has 1 aromatic rings. The minimum Gasteiger partial charge on any atom is -0.370 e. The molecular weight excluding hydrogens is 266 g/mol. The molecule has 0 saturated carbocycles. The summed E-state index contributed by atoms with van der Waals surface area (Å²) in [6.45, 7) is 9.25. The number of rotatable bonds is 6. The quantitative estimate of drug-likeness (QED) is 0.867. The zero-order valence-electron chi connectivity index (χ0n) is 14.2. The van der Waals surface area contributed by atoms with Crippen molar-refractivity contribution in [2.24, 2.45) is 0 Å². The molecule has 0 aliphatic carbocycles. The molecule has 0 aliphatic rings. The number of amides is 1. The van der Waals surface area contributed by atoms with E-state index >= 15 is 0 Å². The topological polar surface area (TPSA) is 61.4 Å². The van der Waals surface area contributed by atoms with E-state index in [4.69, 9.17) is 0 Å². The Morgan fingerprint density at radius 1 is 1.24 bits per heavy atom. The van der Waals surface area contributed by atoms with E-state index < -0.39 is 0 Å². The summed E-state index contributed by atoms with van der Waals surface area (Å²) in [5.41, 5.74) is 0.968. The first-order chi connectivity index (χ1) is 9.77. The normalized spacial score (nSPS) is 10.7. The number of hydrogen-bond acceptors (Lipinski definition) is 5. The molecule has 1 aromatic heterocycles. The third-order valence-corrected chi connectivity index (χ3v) is 3.23. The number of carbonyl (C=O) groups excluding carboxylic acids is 1. The van der Waals surface area contributed by atoms with E-state index in [1.165, 1.54) is 0 Å². The van der Waals surface area contributed by atoms with E-state index in [-0.39, 0.29) is 11.8 Å². The van der Waals surface area contributed by atoms with Gasteiger partial charge in [0.25, 0.3) is 0 Å². The third kappa shape index (κ3) is 4.31. The first-order valence-corrected chi connectivity index (χ1v) is 7.31. The van der Waals surface area contributed by atoms with E-state index in [1.54, 1.807) is 19.0 Å². The molecule has 6 heteroatoms. The number of nitrogens with zero attached hydrogens (tertiary/aromatic N) is 4. The first kappa shape index (κ1) is 17.2. The van der Waals surface area contributed by atoms with Gasteiger partial charge in [0.15, 0.2) is 0 Å². The van der Waals surface area contributed by atoms with Crippen molar-refractivity contribution < 1.29 is 4.79 Å². The van der Waals surface area contributed by atoms with Gasteiger partial charge in [-0.2, -0.15) is 0 Å². The first-order valence-electron chi connectivity index (χ1n) is 7.31. The van der Waals surface area contributed by atoms with Gasteiger partial charge in [0.05, 0.1) is 6.54 Å². The van der Waals surface area contributed by atoms with Crippen molar-refractivity contribution in [1.29, 1.82) is 0 Å². The Hall–Kier alpha value is -1.85. The van der Waals surface area contributed by atoms with E-state index in [1.807, 2.05) is 25.8 Å². The van der Waals surface area contributed by atoms with Gasteiger partial charge in [0.2, 0.25) is 5.91 Å². The molecule has 6 nitrogen and oxygen atoms in total. The number of likely N-dealkylation sites (N-methyl/N-ethyl adjacent to an activating group) is 2. The highest BCUT2D eigenvalue weighted by Gasteiger charge is 2.18. The second kappa shape index (κ2) is 7.24. The number of hydrogen-bond donors (Lipinski definition) is 1. The fourth-order valence-corrected chi connectivity index (χ4v) is 1.91. The van der Waals surface area contributed by atoms with Crippen molar-refractivity contribution in [2.45, 2.75) is 33.6 Å². The number of aromatic nitrogens is 2. The lowest BCUT2D eigenvalue weighted by atomic mass is 10.2. The molecule has 0 saturated heterocycles. The molecule has 0 bridgehead atoms. The van der Waals surface area contributed by atoms with E-state index in [0.29, 0.717) is 6.54 Å². The maximum absolute atomic E-state index is 11.9. The summed E-state index contributed by atoms with van der Waals surface area (Å²) < 4.78 is 0. The lowest BCUT2D eigenvalue weighted by molar-refractivity contribution is -0.127. The Labute approximate surface area is 127 Å². The van der Waals surface area contributed by atoms with Gasteiger partial charge >= 0.3 is 0 Å².